The van der Waals surface area contributed by atoms with Crippen LogP contribution in [-0.4, -0.2) is 24.4 Å². The van der Waals surface area contributed by atoms with E-state index in [4.69, 9.17) is 10.0 Å². The van der Waals surface area contributed by atoms with Crippen molar-refractivity contribution in [1.29, 1.82) is 0 Å². The molecule has 0 spiro atoms. The van der Waals surface area contributed by atoms with E-state index in [0.29, 0.717) is 18.2 Å². The Morgan fingerprint density at radius 1 is 1.11 bits per heavy atom. The summed E-state index contributed by atoms with van der Waals surface area (Å²) < 4.78 is 0. The topological polar surface area (TPSA) is 61.7 Å². The molecular formula is C23H30N2O2. The number of aryl methyl sites for hydroxylation is 1. The molecule has 0 saturated heterocycles. The van der Waals surface area contributed by atoms with E-state index in [9.17, 15) is 0 Å². The second-order valence-corrected chi connectivity index (χ2v) is 7.19. The highest BCUT2D eigenvalue weighted by Gasteiger charge is 2.24. The number of oxime groups is 1. The molecule has 1 atom stereocenters. The minimum Gasteiger partial charge on any atom is -0.411 e. The quantitative estimate of drug-likeness (QED) is 0.447. The Bertz CT molecular complexity index is 743. The molecule has 27 heavy (non-hydrogen) atoms. The van der Waals surface area contributed by atoms with Crippen LogP contribution in [0.3, 0.4) is 0 Å². The Hall–Kier alpha value is -2.62. The number of carbonyl (C=O) groups is 1. The summed E-state index contributed by atoms with van der Waals surface area (Å²) in [6, 6.07) is 17.7. The highest BCUT2D eigenvalue weighted by molar-refractivity contribution is 5.84. The molecule has 1 amide bonds. The molecule has 4 nitrogen and oxygen atoms in total. The van der Waals surface area contributed by atoms with E-state index in [1.54, 1.807) is 7.05 Å². The van der Waals surface area contributed by atoms with Gasteiger partial charge in [-0.15, -0.1) is 0 Å². The molecule has 0 bridgehead atoms. The molecule has 2 aromatic carbocycles. The first-order chi connectivity index (χ1) is 13.1. The van der Waals surface area contributed by atoms with Crippen molar-refractivity contribution in [3.63, 3.8) is 0 Å². The fraction of sp³-hybridized carbons (Fsp3) is 0.391. The third kappa shape index (κ3) is 5.95. The number of carbonyl (C=O) groups excluding carboxylic acids is 1. The molecule has 0 aromatic heterocycles. The lowest BCUT2D eigenvalue weighted by Gasteiger charge is -2.28. The van der Waals surface area contributed by atoms with Crippen molar-refractivity contribution in [3.05, 3.63) is 59.7 Å². The molecule has 2 aromatic rings. The van der Waals surface area contributed by atoms with Gasteiger partial charge in [-0.2, -0.15) is 0 Å². The van der Waals surface area contributed by atoms with Crippen LogP contribution < -0.4 is 5.32 Å². The molecule has 0 radical (unpaired) electrons. The number of nitrogens with zero attached hydrogens (tertiary/aromatic N) is 1. The second-order valence-electron chi connectivity index (χ2n) is 7.19. The maximum atomic E-state index is 9.06. The molecule has 0 aliphatic heterocycles. The van der Waals surface area contributed by atoms with E-state index in [1.807, 2.05) is 0 Å². The van der Waals surface area contributed by atoms with E-state index >= 15 is 0 Å². The van der Waals surface area contributed by atoms with Crippen LogP contribution in [0.4, 0.5) is 0 Å². The maximum Gasteiger partial charge on any atom is 0.206 e. The van der Waals surface area contributed by atoms with Gasteiger partial charge in [-0.25, -0.2) is 0 Å². The fourth-order valence-electron chi connectivity index (χ4n) is 3.65. The van der Waals surface area contributed by atoms with E-state index < -0.39 is 0 Å². The van der Waals surface area contributed by atoms with Crippen molar-refractivity contribution in [1.82, 2.24) is 5.32 Å². The van der Waals surface area contributed by atoms with Crippen LogP contribution in [0.5, 0.6) is 0 Å². The van der Waals surface area contributed by atoms with E-state index in [-0.39, 0.29) is 0 Å². The van der Waals surface area contributed by atoms with Gasteiger partial charge >= 0.3 is 0 Å². The van der Waals surface area contributed by atoms with Gasteiger partial charge in [0.05, 0.1) is 5.71 Å². The third-order valence-corrected chi connectivity index (χ3v) is 5.36. The van der Waals surface area contributed by atoms with Crippen molar-refractivity contribution in [2.24, 2.45) is 11.1 Å². The predicted octanol–water partition coefficient (Wildman–Crippen LogP) is 5.15. The second kappa shape index (κ2) is 10.5. The smallest absolute Gasteiger partial charge is 0.206 e. The molecule has 1 fully saturated rings. The zero-order valence-electron chi connectivity index (χ0n) is 16.5. The lowest BCUT2D eigenvalue weighted by Crippen LogP contribution is -2.19. The van der Waals surface area contributed by atoms with Crippen molar-refractivity contribution in [2.75, 3.05) is 7.05 Å². The summed E-state index contributed by atoms with van der Waals surface area (Å²) in [5, 5.41) is 14.5. The zero-order chi connectivity index (χ0) is 19.6. The Kier molecular flexibility index (Phi) is 8.05. The summed E-state index contributed by atoms with van der Waals surface area (Å²) in [5.74, 6) is 1.24. The first kappa shape index (κ1) is 20.7. The van der Waals surface area contributed by atoms with E-state index in [2.05, 4.69) is 72.9 Å². The van der Waals surface area contributed by atoms with Gasteiger partial charge in [0, 0.05) is 7.05 Å². The van der Waals surface area contributed by atoms with Crippen LogP contribution in [0, 0.1) is 12.8 Å². The van der Waals surface area contributed by atoms with E-state index in [0.717, 1.165) is 31.4 Å². The molecule has 1 aliphatic rings. The van der Waals surface area contributed by atoms with Crippen LogP contribution >= 0.6 is 0 Å². The van der Waals surface area contributed by atoms with Gasteiger partial charge < -0.3 is 10.5 Å². The number of hydrogen-bond donors (Lipinski definition) is 2. The van der Waals surface area contributed by atoms with Crippen molar-refractivity contribution in [3.8, 4) is 11.1 Å². The summed E-state index contributed by atoms with van der Waals surface area (Å²) in [7, 11) is 1.56. The highest BCUT2D eigenvalue weighted by Crippen LogP contribution is 2.35. The third-order valence-electron chi connectivity index (χ3n) is 5.36. The van der Waals surface area contributed by atoms with Crippen LogP contribution in [0.25, 0.3) is 11.1 Å². The summed E-state index contributed by atoms with van der Waals surface area (Å²) >= 11 is 0. The average Bonchev–Trinajstić information content (AvgIpc) is 2.73. The van der Waals surface area contributed by atoms with Crippen molar-refractivity contribution in [2.45, 2.75) is 45.4 Å². The Morgan fingerprint density at radius 3 is 2.26 bits per heavy atom. The molecule has 2 N–H and O–H groups in total. The number of amides is 1. The molecule has 4 heteroatoms. The van der Waals surface area contributed by atoms with Gasteiger partial charge in [0.25, 0.3) is 0 Å². The molecule has 1 unspecified atom stereocenters. The standard InChI is InChI=1S/C21H25NO.C2H5NO/c1-15-4-3-5-20(14-15)19-8-6-17(7-9-19)16(2)18-10-12-21(22-23)13-11-18;1-3-2-4/h3-9,14,16,18,23H,10-13H2,1-2H3;2H,1H3,(H,3,4). The number of rotatable bonds is 4. The number of nitrogens with one attached hydrogen (secondary N) is 1. The molecule has 0 heterocycles. The largest absolute Gasteiger partial charge is 0.411 e. The van der Waals surface area contributed by atoms with Crippen molar-refractivity contribution >= 4 is 12.1 Å². The summed E-state index contributed by atoms with van der Waals surface area (Å²) in [4.78, 5) is 9.06. The predicted molar refractivity (Wildman–Crippen MR) is 111 cm³/mol. The summed E-state index contributed by atoms with van der Waals surface area (Å²) in [6.07, 6.45) is 4.75. The minimum atomic E-state index is 0.557. The molecule has 3 rings (SSSR count). The average molecular weight is 367 g/mol. The van der Waals surface area contributed by atoms with Gasteiger partial charge in [0.2, 0.25) is 6.41 Å². The normalized spacial score (nSPS) is 17.3. The minimum absolute atomic E-state index is 0.557. The zero-order valence-corrected chi connectivity index (χ0v) is 16.5. The summed E-state index contributed by atoms with van der Waals surface area (Å²) in [6.45, 7) is 4.46. The van der Waals surface area contributed by atoms with Crippen LogP contribution in [0.1, 0.15) is 49.7 Å². The van der Waals surface area contributed by atoms with Crippen LogP contribution in [-0.2, 0) is 4.79 Å². The lowest BCUT2D eigenvalue weighted by molar-refractivity contribution is -0.109. The van der Waals surface area contributed by atoms with E-state index in [1.165, 1.54) is 22.3 Å². The SMILES string of the molecule is CNC=O.Cc1cccc(-c2ccc(C(C)C3CCC(=NO)CC3)cc2)c1. The van der Waals surface area contributed by atoms with Gasteiger partial charge in [-0.3, -0.25) is 4.79 Å². The Labute approximate surface area is 162 Å². The summed E-state index contributed by atoms with van der Waals surface area (Å²) in [5.41, 5.74) is 6.23. The first-order valence-electron chi connectivity index (χ1n) is 9.56. The van der Waals surface area contributed by atoms with Crippen LogP contribution in [0.2, 0.25) is 0 Å². The number of hydrogen-bond acceptors (Lipinski definition) is 3. The molecule has 1 saturated carbocycles. The molecule has 144 valence electrons. The lowest BCUT2D eigenvalue weighted by atomic mass is 9.77. The van der Waals surface area contributed by atoms with Gasteiger partial charge in [0.15, 0.2) is 0 Å². The van der Waals surface area contributed by atoms with Gasteiger partial charge in [0.1, 0.15) is 0 Å². The number of benzene rings is 2. The highest BCUT2D eigenvalue weighted by atomic mass is 16.4. The molecular weight excluding hydrogens is 336 g/mol. The van der Waals surface area contributed by atoms with Gasteiger partial charge in [-0.05, 0) is 61.1 Å². The Morgan fingerprint density at radius 2 is 1.74 bits per heavy atom. The van der Waals surface area contributed by atoms with Crippen LogP contribution in [0.15, 0.2) is 53.7 Å². The first-order valence-corrected chi connectivity index (χ1v) is 9.56. The maximum absolute atomic E-state index is 9.06. The monoisotopic (exact) mass is 366 g/mol. The fourth-order valence-corrected chi connectivity index (χ4v) is 3.65. The molecule has 1 aliphatic carbocycles. The Balaban J connectivity index is 0.000000596. The van der Waals surface area contributed by atoms with Gasteiger partial charge in [-0.1, -0.05) is 66.2 Å². The van der Waals surface area contributed by atoms with Crippen molar-refractivity contribution < 1.29 is 10.0 Å².